The van der Waals surface area contributed by atoms with Crippen LogP contribution in [0.5, 0.6) is 0 Å². The topological polar surface area (TPSA) is 29.3 Å². The van der Waals surface area contributed by atoms with Crippen LogP contribution in [0.2, 0.25) is 0 Å². The van der Waals surface area contributed by atoms with Crippen molar-refractivity contribution in [1.82, 2.24) is 4.90 Å². The lowest BCUT2D eigenvalue weighted by molar-refractivity contribution is 0.289. The first-order chi connectivity index (χ1) is 7.13. The zero-order valence-electron chi connectivity index (χ0n) is 10.7. The average Bonchev–Trinajstić information content (AvgIpc) is 2.63. The van der Waals surface area contributed by atoms with Crippen LogP contribution in [0.15, 0.2) is 0 Å². The third-order valence-electron chi connectivity index (χ3n) is 3.73. The number of nitrogens with two attached hydrogens (primary N) is 1. The second-order valence-corrected chi connectivity index (χ2v) is 5.43. The van der Waals surface area contributed by atoms with E-state index >= 15 is 0 Å². The minimum atomic E-state index is 0.424. The Morgan fingerprint density at radius 3 is 2.60 bits per heavy atom. The normalized spacial score (nSPS) is 25.0. The Labute approximate surface area is 95.2 Å². The Bertz CT molecular complexity index is 168. The molecule has 2 unspecified atom stereocenters. The molecule has 1 rings (SSSR count). The molecule has 0 spiro atoms. The van der Waals surface area contributed by atoms with Crippen LogP contribution in [0.25, 0.3) is 0 Å². The van der Waals surface area contributed by atoms with Crippen LogP contribution in [0.3, 0.4) is 0 Å². The molecule has 0 amide bonds. The quantitative estimate of drug-likeness (QED) is 0.733. The van der Waals surface area contributed by atoms with Gasteiger partial charge in [0, 0.05) is 12.6 Å². The molecule has 0 aromatic carbocycles. The molecule has 15 heavy (non-hydrogen) atoms. The van der Waals surface area contributed by atoms with Gasteiger partial charge in [0.2, 0.25) is 0 Å². The van der Waals surface area contributed by atoms with Gasteiger partial charge in [-0.05, 0) is 44.2 Å². The van der Waals surface area contributed by atoms with Crippen molar-refractivity contribution in [2.45, 2.75) is 52.5 Å². The van der Waals surface area contributed by atoms with Crippen LogP contribution in [-0.2, 0) is 0 Å². The molecule has 2 atom stereocenters. The van der Waals surface area contributed by atoms with Crippen molar-refractivity contribution in [2.75, 3.05) is 19.6 Å². The summed E-state index contributed by atoms with van der Waals surface area (Å²) in [5.41, 5.74) is 6.03. The van der Waals surface area contributed by atoms with Crippen molar-refractivity contribution < 1.29 is 0 Å². The molecule has 0 aromatic rings. The molecule has 1 saturated heterocycles. The van der Waals surface area contributed by atoms with E-state index < -0.39 is 0 Å². The van der Waals surface area contributed by atoms with Crippen LogP contribution in [-0.4, -0.2) is 30.6 Å². The van der Waals surface area contributed by atoms with Crippen LogP contribution < -0.4 is 5.73 Å². The first-order valence-electron chi connectivity index (χ1n) is 6.61. The predicted molar refractivity (Wildman–Crippen MR) is 66.9 cm³/mol. The summed E-state index contributed by atoms with van der Waals surface area (Å²) in [6.07, 6.45) is 4.97. The van der Waals surface area contributed by atoms with Gasteiger partial charge in [-0.1, -0.05) is 27.2 Å². The van der Waals surface area contributed by atoms with Crippen molar-refractivity contribution in [1.29, 1.82) is 0 Å². The third kappa shape index (κ3) is 4.52. The maximum atomic E-state index is 6.03. The molecule has 90 valence electrons. The van der Waals surface area contributed by atoms with Gasteiger partial charge in [0.25, 0.3) is 0 Å². The second kappa shape index (κ2) is 6.49. The number of nitrogens with zero attached hydrogens (tertiary/aromatic N) is 1. The predicted octanol–water partition coefficient (Wildman–Crippen LogP) is 2.48. The summed E-state index contributed by atoms with van der Waals surface area (Å²) in [5.74, 6) is 1.77. The fourth-order valence-corrected chi connectivity index (χ4v) is 2.47. The van der Waals surface area contributed by atoms with Crippen molar-refractivity contribution >= 4 is 0 Å². The van der Waals surface area contributed by atoms with Gasteiger partial charge in [-0.15, -0.1) is 0 Å². The van der Waals surface area contributed by atoms with E-state index in [4.69, 9.17) is 5.73 Å². The summed E-state index contributed by atoms with van der Waals surface area (Å²) >= 11 is 0. The molecule has 1 heterocycles. The molecule has 2 N–H and O–H groups in total. The summed E-state index contributed by atoms with van der Waals surface area (Å²) in [6.45, 7) is 10.7. The van der Waals surface area contributed by atoms with Gasteiger partial charge in [-0.3, -0.25) is 0 Å². The SMILES string of the molecule is CCCC(N)CCN1CCC(C(C)C)C1. The summed E-state index contributed by atoms with van der Waals surface area (Å²) in [5, 5.41) is 0. The van der Waals surface area contributed by atoms with E-state index in [1.807, 2.05) is 0 Å². The van der Waals surface area contributed by atoms with Crippen molar-refractivity contribution in [2.24, 2.45) is 17.6 Å². The fourth-order valence-electron chi connectivity index (χ4n) is 2.47. The Balaban J connectivity index is 2.13. The van der Waals surface area contributed by atoms with Crippen molar-refractivity contribution in [3.8, 4) is 0 Å². The molecule has 2 heteroatoms. The molecule has 0 aliphatic carbocycles. The molecule has 1 fully saturated rings. The van der Waals surface area contributed by atoms with Gasteiger partial charge >= 0.3 is 0 Å². The molecule has 1 aliphatic heterocycles. The third-order valence-corrected chi connectivity index (χ3v) is 3.73. The van der Waals surface area contributed by atoms with Gasteiger partial charge in [-0.25, -0.2) is 0 Å². The number of hydrogen-bond donors (Lipinski definition) is 1. The van der Waals surface area contributed by atoms with E-state index in [1.54, 1.807) is 0 Å². The summed E-state index contributed by atoms with van der Waals surface area (Å²) < 4.78 is 0. The standard InChI is InChI=1S/C13H28N2/c1-4-5-13(14)7-9-15-8-6-12(10-15)11(2)3/h11-13H,4-10,14H2,1-3H3. The van der Waals surface area contributed by atoms with Crippen LogP contribution in [0, 0.1) is 11.8 Å². The van der Waals surface area contributed by atoms with Gasteiger partial charge in [0.15, 0.2) is 0 Å². The lowest BCUT2D eigenvalue weighted by Crippen LogP contribution is -2.29. The van der Waals surface area contributed by atoms with E-state index in [9.17, 15) is 0 Å². The van der Waals surface area contributed by atoms with Gasteiger partial charge in [0.1, 0.15) is 0 Å². The highest BCUT2D eigenvalue weighted by Gasteiger charge is 2.24. The molecule has 0 aromatic heterocycles. The molecular weight excluding hydrogens is 184 g/mol. The van der Waals surface area contributed by atoms with Crippen molar-refractivity contribution in [3.05, 3.63) is 0 Å². The van der Waals surface area contributed by atoms with E-state index in [0.29, 0.717) is 6.04 Å². The van der Waals surface area contributed by atoms with Gasteiger partial charge in [-0.2, -0.15) is 0 Å². The summed E-state index contributed by atoms with van der Waals surface area (Å²) in [6, 6.07) is 0.424. The number of rotatable bonds is 6. The Morgan fingerprint density at radius 1 is 1.33 bits per heavy atom. The highest BCUT2D eigenvalue weighted by molar-refractivity contribution is 4.78. The van der Waals surface area contributed by atoms with Gasteiger partial charge < -0.3 is 10.6 Å². The molecule has 1 aliphatic rings. The minimum absolute atomic E-state index is 0.424. The fraction of sp³-hybridized carbons (Fsp3) is 1.00. The second-order valence-electron chi connectivity index (χ2n) is 5.43. The largest absolute Gasteiger partial charge is 0.328 e. The zero-order chi connectivity index (χ0) is 11.3. The first kappa shape index (κ1) is 13.0. The summed E-state index contributed by atoms with van der Waals surface area (Å²) in [4.78, 5) is 2.60. The van der Waals surface area contributed by atoms with Crippen LogP contribution >= 0.6 is 0 Å². The lowest BCUT2D eigenvalue weighted by Gasteiger charge is -2.19. The highest BCUT2D eigenvalue weighted by atomic mass is 15.1. The summed E-state index contributed by atoms with van der Waals surface area (Å²) in [7, 11) is 0. The smallest absolute Gasteiger partial charge is 0.00509 e. The van der Waals surface area contributed by atoms with Gasteiger partial charge in [0.05, 0.1) is 0 Å². The van der Waals surface area contributed by atoms with Crippen molar-refractivity contribution in [3.63, 3.8) is 0 Å². The van der Waals surface area contributed by atoms with Crippen LogP contribution in [0.4, 0.5) is 0 Å². The Morgan fingerprint density at radius 2 is 2.07 bits per heavy atom. The Kier molecular flexibility index (Phi) is 5.62. The number of likely N-dealkylation sites (tertiary alicyclic amines) is 1. The zero-order valence-corrected chi connectivity index (χ0v) is 10.7. The monoisotopic (exact) mass is 212 g/mol. The highest BCUT2D eigenvalue weighted by Crippen LogP contribution is 2.23. The van der Waals surface area contributed by atoms with E-state index in [2.05, 4.69) is 25.7 Å². The van der Waals surface area contributed by atoms with E-state index in [1.165, 1.54) is 45.3 Å². The average molecular weight is 212 g/mol. The molecule has 0 saturated carbocycles. The molecule has 0 bridgehead atoms. The lowest BCUT2D eigenvalue weighted by atomic mass is 9.95. The maximum Gasteiger partial charge on any atom is 0.00509 e. The molecular formula is C13H28N2. The van der Waals surface area contributed by atoms with E-state index in [-0.39, 0.29) is 0 Å². The van der Waals surface area contributed by atoms with Crippen LogP contribution in [0.1, 0.15) is 46.5 Å². The molecule has 0 radical (unpaired) electrons. The maximum absolute atomic E-state index is 6.03. The minimum Gasteiger partial charge on any atom is -0.328 e. The first-order valence-corrected chi connectivity index (χ1v) is 6.61. The van der Waals surface area contributed by atoms with E-state index in [0.717, 1.165) is 11.8 Å². The molecule has 2 nitrogen and oxygen atoms in total. The Hall–Kier alpha value is -0.0800. The number of hydrogen-bond acceptors (Lipinski definition) is 2.